The number of carbonyl (C=O) groups excluding carboxylic acids is 1. The molecule has 1 aromatic carbocycles. The van der Waals surface area contributed by atoms with Crippen molar-refractivity contribution in [2.24, 2.45) is 0 Å². The number of amides is 1. The second kappa shape index (κ2) is 8.53. The molecule has 0 radical (unpaired) electrons. The Hall–Kier alpha value is -3.06. The highest BCUT2D eigenvalue weighted by Crippen LogP contribution is 2.27. The summed E-state index contributed by atoms with van der Waals surface area (Å²) in [5.74, 6) is -0.0317. The molecule has 1 atom stereocenters. The molecule has 1 N–H and O–H groups in total. The molecule has 2 aromatic heterocycles. The van der Waals surface area contributed by atoms with E-state index < -0.39 is 0 Å². The Morgan fingerprint density at radius 2 is 1.86 bits per heavy atom. The summed E-state index contributed by atoms with van der Waals surface area (Å²) in [5, 5.41) is 7.10. The molecule has 1 aliphatic heterocycles. The zero-order valence-electron chi connectivity index (χ0n) is 16.3. The molecular weight excluding hydrogens is 371 g/mol. The van der Waals surface area contributed by atoms with Crippen LogP contribution in [-0.4, -0.2) is 40.6 Å². The smallest absolute Gasteiger partial charge is 0.257 e. The minimum atomic E-state index is -0.264. The molecule has 3 aromatic rings. The van der Waals surface area contributed by atoms with Crippen molar-refractivity contribution in [2.75, 3.05) is 19.6 Å². The first-order valence-corrected chi connectivity index (χ1v) is 9.78. The van der Waals surface area contributed by atoms with Crippen molar-refractivity contribution >= 4 is 5.91 Å². The first-order valence-electron chi connectivity index (χ1n) is 9.78. The third kappa shape index (κ3) is 4.19. The van der Waals surface area contributed by atoms with E-state index in [-0.39, 0.29) is 17.8 Å². The van der Waals surface area contributed by atoms with Crippen LogP contribution < -0.4 is 5.32 Å². The third-order valence-electron chi connectivity index (χ3n) is 5.34. The fourth-order valence-corrected chi connectivity index (χ4v) is 3.82. The van der Waals surface area contributed by atoms with E-state index in [1.165, 1.54) is 12.1 Å². The van der Waals surface area contributed by atoms with Crippen LogP contribution in [0.4, 0.5) is 4.39 Å². The van der Waals surface area contributed by atoms with Gasteiger partial charge in [0, 0.05) is 24.5 Å². The van der Waals surface area contributed by atoms with Gasteiger partial charge in [0.2, 0.25) is 0 Å². The van der Waals surface area contributed by atoms with Gasteiger partial charge in [-0.25, -0.2) is 4.39 Å². The Bertz CT molecular complexity index is 966. The molecule has 29 heavy (non-hydrogen) atoms. The van der Waals surface area contributed by atoms with Gasteiger partial charge in [-0.3, -0.25) is 14.7 Å². The van der Waals surface area contributed by atoms with Crippen LogP contribution in [-0.2, 0) is 0 Å². The molecule has 4 rings (SSSR count). The molecule has 1 fully saturated rings. The molecule has 0 aliphatic carbocycles. The second-order valence-electron chi connectivity index (χ2n) is 7.22. The third-order valence-corrected chi connectivity index (χ3v) is 5.34. The summed E-state index contributed by atoms with van der Waals surface area (Å²) in [6.45, 7) is 4.08. The van der Waals surface area contributed by atoms with Crippen molar-refractivity contribution in [3.05, 3.63) is 71.5 Å². The lowest BCUT2D eigenvalue weighted by atomic mass is 10.0. The number of carbonyl (C=O) groups is 1. The zero-order valence-corrected chi connectivity index (χ0v) is 16.3. The fourth-order valence-electron chi connectivity index (χ4n) is 3.82. The predicted octanol–water partition coefficient (Wildman–Crippen LogP) is 3.75. The second-order valence-corrected chi connectivity index (χ2v) is 7.22. The van der Waals surface area contributed by atoms with E-state index in [1.54, 1.807) is 43.6 Å². The van der Waals surface area contributed by atoms with Gasteiger partial charge in [-0.2, -0.15) is 0 Å². The van der Waals surface area contributed by atoms with E-state index in [4.69, 9.17) is 4.52 Å². The largest absolute Gasteiger partial charge is 0.360 e. The number of hydrogen-bond acceptors (Lipinski definition) is 5. The molecule has 1 saturated heterocycles. The normalized spacial score (nSPS) is 15.4. The fraction of sp³-hybridized carbons (Fsp3) is 0.318. The molecule has 150 valence electrons. The summed E-state index contributed by atoms with van der Waals surface area (Å²) in [5.41, 5.74) is 2.69. The van der Waals surface area contributed by atoms with E-state index in [2.05, 4.69) is 20.4 Å². The van der Waals surface area contributed by atoms with E-state index in [0.717, 1.165) is 37.1 Å². The van der Waals surface area contributed by atoms with Gasteiger partial charge in [0.05, 0.1) is 6.04 Å². The van der Waals surface area contributed by atoms with Crippen LogP contribution in [0, 0.1) is 12.7 Å². The first kappa shape index (κ1) is 19.3. The molecule has 1 unspecified atom stereocenters. The van der Waals surface area contributed by atoms with Gasteiger partial charge < -0.3 is 9.84 Å². The highest BCUT2D eigenvalue weighted by atomic mass is 19.1. The van der Waals surface area contributed by atoms with Crippen LogP contribution >= 0.6 is 0 Å². The van der Waals surface area contributed by atoms with Gasteiger partial charge in [0.15, 0.2) is 0 Å². The maximum Gasteiger partial charge on any atom is 0.257 e. The quantitative estimate of drug-likeness (QED) is 0.689. The standard InChI is InChI=1S/C22H23FN4O2/c1-15-20(21(26-29-15)17-8-10-24-11-9-17)22(28)25-14-19(27-12-2-3-13-27)16-4-6-18(23)7-5-16/h4-11,19H,2-3,12-14H2,1H3,(H,25,28). The molecule has 6 nitrogen and oxygen atoms in total. The SMILES string of the molecule is Cc1onc(-c2ccncc2)c1C(=O)NCC(c1ccc(F)cc1)N1CCCC1. The van der Waals surface area contributed by atoms with Crippen LogP contribution in [0.1, 0.15) is 40.6 Å². The van der Waals surface area contributed by atoms with E-state index in [9.17, 15) is 9.18 Å². The highest BCUT2D eigenvalue weighted by Gasteiger charge is 2.26. The average Bonchev–Trinajstić information content (AvgIpc) is 3.40. The van der Waals surface area contributed by atoms with Crippen molar-refractivity contribution in [3.63, 3.8) is 0 Å². The summed E-state index contributed by atoms with van der Waals surface area (Å²) >= 11 is 0. The van der Waals surface area contributed by atoms with E-state index in [0.29, 0.717) is 23.6 Å². The topological polar surface area (TPSA) is 71.3 Å². The Morgan fingerprint density at radius 3 is 2.55 bits per heavy atom. The maximum atomic E-state index is 13.4. The molecule has 0 bridgehead atoms. The number of benzene rings is 1. The molecule has 1 aliphatic rings. The molecule has 1 amide bonds. The molecule has 0 spiro atoms. The van der Waals surface area contributed by atoms with Crippen LogP contribution in [0.3, 0.4) is 0 Å². The first-order chi connectivity index (χ1) is 14.1. The average molecular weight is 394 g/mol. The molecule has 7 heteroatoms. The maximum absolute atomic E-state index is 13.4. The lowest BCUT2D eigenvalue weighted by Gasteiger charge is -2.28. The summed E-state index contributed by atoms with van der Waals surface area (Å²) in [6.07, 6.45) is 5.56. The number of nitrogens with one attached hydrogen (secondary N) is 1. The number of pyridine rings is 1. The van der Waals surface area contributed by atoms with Gasteiger partial charge in [0.1, 0.15) is 22.8 Å². The number of likely N-dealkylation sites (tertiary alicyclic amines) is 1. The Labute approximate surface area is 168 Å². The Kier molecular flexibility index (Phi) is 5.67. The Morgan fingerprint density at radius 1 is 1.17 bits per heavy atom. The van der Waals surface area contributed by atoms with Crippen LogP contribution in [0.15, 0.2) is 53.3 Å². The predicted molar refractivity (Wildman–Crippen MR) is 107 cm³/mol. The van der Waals surface area contributed by atoms with Crippen LogP contribution in [0.25, 0.3) is 11.3 Å². The van der Waals surface area contributed by atoms with Crippen molar-refractivity contribution in [2.45, 2.75) is 25.8 Å². The van der Waals surface area contributed by atoms with E-state index in [1.807, 2.05) is 0 Å². The summed E-state index contributed by atoms with van der Waals surface area (Å²) in [7, 11) is 0. The minimum absolute atomic E-state index is 0.00779. The highest BCUT2D eigenvalue weighted by molar-refractivity contribution is 6.00. The number of rotatable bonds is 6. The summed E-state index contributed by atoms with van der Waals surface area (Å²) in [6, 6.07) is 10.1. The zero-order chi connectivity index (χ0) is 20.2. The Balaban J connectivity index is 1.54. The van der Waals surface area contributed by atoms with Gasteiger partial charge in [-0.05, 0) is 62.7 Å². The van der Waals surface area contributed by atoms with E-state index >= 15 is 0 Å². The van der Waals surface area contributed by atoms with Gasteiger partial charge in [0.25, 0.3) is 5.91 Å². The van der Waals surface area contributed by atoms with Gasteiger partial charge >= 0.3 is 0 Å². The van der Waals surface area contributed by atoms with Crippen LogP contribution in [0.5, 0.6) is 0 Å². The van der Waals surface area contributed by atoms with Crippen molar-refractivity contribution in [1.29, 1.82) is 0 Å². The number of hydrogen-bond donors (Lipinski definition) is 1. The van der Waals surface area contributed by atoms with Crippen LogP contribution in [0.2, 0.25) is 0 Å². The van der Waals surface area contributed by atoms with Gasteiger partial charge in [-0.1, -0.05) is 17.3 Å². The number of halogens is 1. The van der Waals surface area contributed by atoms with Crippen molar-refractivity contribution in [3.8, 4) is 11.3 Å². The molecular formula is C22H23FN4O2. The minimum Gasteiger partial charge on any atom is -0.360 e. The number of nitrogens with zero attached hydrogens (tertiary/aromatic N) is 3. The monoisotopic (exact) mass is 394 g/mol. The molecule has 3 heterocycles. The number of aryl methyl sites for hydroxylation is 1. The van der Waals surface area contributed by atoms with Crippen molar-refractivity contribution in [1.82, 2.24) is 20.4 Å². The summed E-state index contributed by atoms with van der Waals surface area (Å²) in [4.78, 5) is 19.4. The summed E-state index contributed by atoms with van der Waals surface area (Å²) < 4.78 is 18.7. The lowest BCUT2D eigenvalue weighted by Crippen LogP contribution is -2.37. The lowest BCUT2D eigenvalue weighted by molar-refractivity contribution is 0.0937. The number of aromatic nitrogens is 2. The molecule has 0 saturated carbocycles. The van der Waals surface area contributed by atoms with Crippen molar-refractivity contribution < 1.29 is 13.7 Å². The van der Waals surface area contributed by atoms with Gasteiger partial charge in [-0.15, -0.1) is 0 Å².